The van der Waals surface area contributed by atoms with Crippen molar-refractivity contribution in [2.45, 2.75) is 31.5 Å². The van der Waals surface area contributed by atoms with Crippen molar-refractivity contribution in [2.24, 2.45) is 4.99 Å². The molecule has 7 rings (SSSR count). The zero-order valence-electron chi connectivity index (χ0n) is 19.9. The lowest BCUT2D eigenvalue weighted by Crippen LogP contribution is -2.61. The summed E-state index contributed by atoms with van der Waals surface area (Å²) in [6, 6.07) is 36.4. The fraction of sp³-hybridized carbons (Fsp3) is 0.156. The van der Waals surface area contributed by atoms with Gasteiger partial charge in [0.1, 0.15) is 11.4 Å². The molecule has 2 aliphatic rings. The Morgan fingerprint density at radius 2 is 1.46 bits per heavy atom. The Morgan fingerprint density at radius 1 is 0.743 bits per heavy atom. The van der Waals surface area contributed by atoms with Gasteiger partial charge in [-0.3, -0.25) is 4.99 Å². The standard InChI is InChI=1S/C32H26N2O/c1-31(2)27-14-8-9-15-28(27)34(20-22-10-4-3-5-11-22)32(31)21-33-30-26-19-24-13-7-6-12-23(24)18-25(26)16-17-29(30)35-32/h3-19,21H,20H2,1-2H3/t32-/m1/s1. The quantitative estimate of drug-likeness (QED) is 0.254. The van der Waals surface area contributed by atoms with Crippen LogP contribution in [0.4, 0.5) is 11.4 Å². The highest BCUT2D eigenvalue weighted by Crippen LogP contribution is 2.55. The molecule has 2 heterocycles. The van der Waals surface area contributed by atoms with E-state index in [4.69, 9.17) is 9.73 Å². The topological polar surface area (TPSA) is 24.8 Å². The number of aliphatic imine (C=N–C) groups is 1. The minimum Gasteiger partial charge on any atom is -0.459 e. The molecule has 1 spiro atoms. The summed E-state index contributed by atoms with van der Waals surface area (Å²) in [6.07, 6.45) is 2.05. The number of hydrogen-bond acceptors (Lipinski definition) is 3. The molecule has 0 unspecified atom stereocenters. The minimum atomic E-state index is -0.732. The maximum atomic E-state index is 7.06. The van der Waals surface area contributed by atoms with Gasteiger partial charge in [-0.2, -0.15) is 0 Å². The van der Waals surface area contributed by atoms with Crippen LogP contribution in [-0.2, 0) is 12.0 Å². The Morgan fingerprint density at radius 3 is 2.29 bits per heavy atom. The number of fused-ring (bicyclic) bond motifs is 5. The number of para-hydroxylation sites is 1. The van der Waals surface area contributed by atoms with Crippen LogP contribution in [0.25, 0.3) is 21.5 Å². The molecule has 35 heavy (non-hydrogen) atoms. The van der Waals surface area contributed by atoms with Crippen molar-refractivity contribution >= 4 is 39.1 Å². The predicted molar refractivity (Wildman–Crippen MR) is 145 cm³/mol. The van der Waals surface area contributed by atoms with Gasteiger partial charge in [0, 0.05) is 17.6 Å². The highest BCUT2D eigenvalue weighted by molar-refractivity contribution is 6.06. The molecule has 5 aromatic carbocycles. The van der Waals surface area contributed by atoms with E-state index in [0.717, 1.165) is 23.4 Å². The third-order valence-corrected chi connectivity index (χ3v) is 7.80. The van der Waals surface area contributed by atoms with E-state index in [9.17, 15) is 0 Å². The zero-order valence-corrected chi connectivity index (χ0v) is 19.9. The first-order valence-corrected chi connectivity index (χ1v) is 12.2. The molecular weight excluding hydrogens is 428 g/mol. The molecule has 2 aliphatic heterocycles. The number of nitrogens with zero attached hydrogens (tertiary/aromatic N) is 2. The molecule has 3 nitrogen and oxygen atoms in total. The lowest BCUT2D eigenvalue weighted by atomic mass is 9.77. The summed E-state index contributed by atoms with van der Waals surface area (Å²) in [5.74, 6) is 0.828. The maximum absolute atomic E-state index is 7.06. The Kier molecular flexibility index (Phi) is 4.17. The molecule has 0 saturated heterocycles. The van der Waals surface area contributed by atoms with Gasteiger partial charge in [-0.15, -0.1) is 0 Å². The molecule has 3 heteroatoms. The zero-order chi connectivity index (χ0) is 23.6. The molecule has 0 radical (unpaired) electrons. The highest BCUT2D eigenvalue weighted by Gasteiger charge is 2.59. The van der Waals surface area contributed by atoms with Crippen LogP contribution in [0.2, 0.25) is 0 Å². The van der Waals surface area contributed by atoms with Gasteiger partial charge in [-0.1, -0.05) is 78.9 Å². The molecule has 1 atom stereocenters. The van der Waals surface area contributed by atoms with Crippen molar-refractivity contribution in [3.63, 3.8) is 0 Å². The van der Waals surface area contributed by atoms with E-state index >= 15 is 0 Å². The van der Waals surface area contributed by atoms with Crippen LogP contribution < -0.4 is 9.64 Å². The van der Waals surface area contributed by atoms with E-state index in [-0.39, 0.29) is 5.41 Å². The average Bonchev–Trinajstić information content (AvgIpc) is 3.06. The van der Waals surface area contributed by atoms with Gasteiger partial charge < -0.3 is 9.64 Å². The van der Waals surface area contributed by atoms with Crippen LogP contribution in [-0.4, -0.2) is 11.9 Å². The summed E-state index contributed by atoms with van der Waals surface area (Å²) in [4.78, 5) is 7.53. The molecule has 0 saturated carbocycles. The number of ether oxygens (including phenoxy) is 1. The van der Waals surface area contributed by atoms with Crippen LogP contribution >= 0.6 is 0 Å². The van der Waals surface area contributed by atoms with Gasteiger partial charge >= 0.3 is 0 Å². The second-order valence-electron chi connectivity index (χ2n) is 10.1. The smallest absolute Gasteiger partial charge is 0.229 e. The Labute approximate surface area is 205 Å². The third kappa shape index (κ3) is 2.81. The van der Waals surface area contributed by atoms with Gasteiger partial charge in [0.2, 0.25) is 5.72 Å². The van der Waals surface area contributed by atoms with Crippen molar-refractivity contribution in [1.82, 2.24) is 0 Å². The van der Waals surface area contributed by atoms with Crippen molar-refractivity contribution in [2.75, 3.05) is 4.90 Å². The summed E-state index contributed by atoms with van der Waals surface area (Å²) in [7, 11) is 0. The van der Waals surface area contributed by atoms with Gasteiger partial charge in [-0.05, 0) is 65.4 Å². The van der Waals surface area contributed by atoms with E-state index in [1.54, 1.807) is 0 Å². The van der Waals surface area contributed by atoms with Crippen molar-refractivity contribution in [3.8, 4) is 5.75 Å². The van der Waals surface area contributed by atoms with Crippen LogP contribution in [0.3, 0.4) is 0 Å². The normalized spacial score (nSPS) is 19.7. The third-order valence-electron chi connectivity index (χ3n) is 7.80. The van der Waals surface area contributed by atoms with Gasteiger partial charge in [0.15, 0.2) is 0 Å². The van der Waals surface area contributed by atoms with Crippen LogP contribution in [0.15, 0.2) is 108 Å². The Bertz CT molecular complexity index is 1640. The predicted octanol–water partition coefficient (Wildman–Crippen LogP) is 7.78. The molecule has 5 aromatic rings. The van der Waals surface area contributed by atoms with Crippen LogP contribution in [0.5, 0.6) is 5.75 Å². The first kappa shape index (κ1) is 20.3. The molecule has 0 bridgehead atoms. The fourth-order valence-corrected chi connectivity index (χ4v) is 5.87. The fourth-order valence-electron chi connectivity index (χ4n) is 5.87. The second-order valence-corrected chi connectivity index (χ2v) is 10.1. The largest absolute Gasteiger partial charge is 0.459 e. The molecule has 0 aliphatic carbocycles. The molecule has 0 N–H and O–H groups in total. The van der Waals surface area contributed by atoms with Crippen molar-refractivity contribution in [1.29, 1.82) is 0 Å². The average molecular weight is 455 g/mol. The SMILES string of the molecule is CC1(C)c2ccccc2N(Cc2ccccc2)[C@@]12C=Nc1c(ccc3cc4ccccc4cc13)O2. The van der Waals surface area contributed by atoms with Crippen molar-refractivity contribution in [3.05, 3.63) is 114 Å². The van der Waals surface area contributed by atoms with Crippen molar-refractivity contribution < 1.29 is 4.74 Å². The summed E-state index contributed by atoms with van der Waals surface area (Å²) in [5, 5.41) is 4.74. The summed E-state index contributed by atoms with van der Waals surface area (Å²) < 4.78 is 7.06. The van der Waals surface area contributed by atoms with Gasteiger partial charge in [0.25, 0.3) is 0 Å². The van der Waals surface area contributed by atoms with E-state index in [2.05, 4.69) is 122 Å². The minimum absolute atomic E-state index is 0.308. The van der Waals surface area contributed by atoms with Crippen LogP contribution in [0.1, 0.15) is 25.0 Å². The van der Waals surface area contributed by atoms with E-state index in [1.807, 2.05) is 6.21 Å². The summed E-state index contributed by atoms with van der Waals surface area (Å²) in [6.45, 7) is 5.27. The number of anilines is 1. The lowest BCUT2D eigenvalue weighted by Gasteiger charge is -2.46. The lowest BCUT2D eigenvalue weighted by molar-refractivity contribution is 0.0764. The summed E-state index contributed by atoms with van der Waals surface area (Å²) in [5.41, 5.74) is 3.58. The first-order valence-electron chi connectivity index (χ1n) is 12.2. The Balaban J connectivity index is 1.41. The second kappa shape index (κ2) is 7.19. The van der Waals surface area contributed by atoms with Crippen LogP contribution in [0, 0.1) is 0 Å². The van der Waals surface area contributed by atoms with E-state index < -0.39 is 5.72 Å². The number of benzene rings is 5. The summed E-state index contributed by atoms with van der Waals surface area (Å²) >= 11 is 0. The first-order chi connectivity index (χ1) is 17.1. The molecule has 0 amide bonds. The molecule has 0 fully saturated rings. The maximum Gasteiger partial charge on any atom is 0.229 e. The highest BCUT2D eigenvalue weighted by atomic mass is 16.5. The monoisotopic (exact) mass is 454 g/mol. The molecule has 0 aromatic heterocycles. The molecule has 170 valence electrons. The van der Waals surface area contributed by atoms with E-state index in [1.165, 1.54) is 33.0 Å². The Hall–Kier alpha value is -4.11. The molecular formula is C32H26N2O. The van der Waals surface area contributed by atoms with E-state index in [0.29, 0.717) is 0 Å². The van der Waals surface area contributed by atoms with Gasteiger partial charge in [0.05, 0.1) is 11.6 Å². The number of hydrogen-bond donors (Lipinski definition) is 0. The van der Waals surface area contributed by atoms with Gasteiger partial charge in [-0.25, -0.2) is 0 Å². The number of rotatable bonds is 2.